The predicted molar refractivity (Wildman–Crippen MR) is 66.2 cm³/mol. The fourth-order valence-electron chi connectivity index (χ4n) is 1.44. The van der Waals surface area contributed by atoms with Gasteiger partial charge in [-0.25, -0.2) is 0 Å². The van der Waals surface area contributed by atoms with E-state index in [4.69, 9.17) is 0 Å². The second-order valence-electron chi connectivity index (χ2n) is 4.18. The van der Waals surface area contributed by atoms with Crippen LogP contribution in [0.25, 0.3) is 0 Å². The zero-order chi connectivity index (χ0) is 13.7. The van der Waals surface area contributed by atoms with Crippen LogP contribution >= 0.6 is 0 Å². The number of imidazole rings is 1. The summed E-state index contributed by atoms with van der Waals surface area (Å²) in [5.41, 5.74) is 0. The van der Waals surface area contributed by atoms with Crippen LogP contribution in [0.3, 0.4) is 0 Å². The van der Waals surface area contributed by atoms with Gasteiger partial charge < -0.3 is 20.7 Å². The largest absolute Gasteiger partial charge is 0.406 e. The zero-order valence-electron chi connectivity index (χ0n) is 10.6. The lowest BCUT2D eigenvalue weighted by atomic mass is 10.3. The Kier molecular flexibility index (Phi) is 4.64. The van der Waals surface area contributed by atoms with Crippen molar-refractivity contribution < 1.29 is 9.72 Å². The number of aryl methyl sites for hydroxylation is 1. The standard InChI is InChI=1S/C10H17N5O3/c1-7(2)13-8(16)4-5-11-9-10(15(17)18)12-6-14(9)3/h6-7,11H,4-5H2,1-3H3,(H,13,16). The number of rotatable bonds is 6. The van der Waals surface area contributed by atoms with Crippen LogP contribution in [-0.4, -0.2) is 33.0 Å². The molecule has 2 N–H and O–H groups in total. The highest BCUT2D eigenvalue weighted by Crippen LogP contribution is 2.20. The molecular weight excluding hydrogens is 238 g/mol. The fraction of sp³-hybridized carbons (Fsp3) is 0.600. The minimum Gasteiger partial charge on any atom is -0.364 e. The van der Waals surface area contributed by atoms with Gasteiger partial charge >= 0.3 is 5.82 Å². The van der Waals surface area contributed by atoms with Crippen LogP contribution in [-0.2, 0) is 11.8 Å². The highest BCUT2D eigenvalue weighted by atomic mass is 16.6. The molecule has 0 fully saturated rings. The molecule has 0 aliphatic rings. The molecule has 1 heterocycles. The molecule has 1 amide bonds. The number of amides is 1. The second-order valence-corrected chi connectivity index (χ2v) is 4.18. The summed E-state index contributed by atoms with van der Waals surface area (Å²) in [6, 6.07) is 0.0866. The van der Waals surface area contributed by atoms with Crippen LogP contribution < -0.4 is 10.6 Å². The first-order chi connectivity index (χ1) is 8.41. The lowest BCUT2D eigenvalue weighted by Gasteiger charge is -2.09. The number of carbonyl (C=O) groups is 1. The average Bonchev–Trinajstić information content (AvgIpc) is 2.59. The highest BCUT2D eigenvalue weighted by Gasteiger charge is 2.19. The normalized spacial score (nSPS) is 10.4. The molecule has 1 rings (SSSR count). The summed E-state index contributed by atoms with van der Waals surface area (Å²) in [6.07, 6.45) is 1.61. The minimum atomic E-state index is -0.559. The number of nitrogens with zero attached hydrogens (tertiary/aromatic N) is 3. The number of hydrogen-bond acceptors (Lipinski definition) is 5. The van der Waals surface area contributed by atoms with E-state index in [9.17, 15) is 14.9 Å². The molecule has 1 aromatic rings. The number of nitrogens with one attached hydrogen (secondary N) is 2. The smallest absolute Gasteiger partial charge is 0.364 e. The third-order valence-corrected chi connectivity index (χ3v) is 2.18. The zero-order valence-corrected chi connectivity index (χ0v) is 10.6. The van der Waals surface area contributed by atoms with Crippen LogP contribution in [0.2, 0.25) is 0 Å². The average molecular weight is 255 g/mol. The summed E-state index contributed by atoms with van der Waals surface area (Å²) < 4.78 is 1.51. The van der Waals surface area contributed by atoms with Gasteiger partial charge in [0.25, 0.3) is 0 Å². The van der Waals surface area contributed by atoms with E-state index in [1.54, 1.807) is 7.05 Å². The molecule has 0 saturated heterocycles. The first-order valence-electron chi connectivity index (χ1n) is 5.60. The van der Waals surface area contributed by atoms with Gasteiger partial charge in [-0.05, 0) is 23.8 Å². The van der Waals surface area contributed by atoms with Gasteiger partial charge in [-0.1, -0.05) is 0 Å². The Bertz CT molecular complexity index is 441. The molecule has 0 unspecified atom stereocenters. The lowest BCUT2D eigenvalue weighted by Crippen LogP contribution is -2.31. The van der Waals surface area contributed by atoms with E-state index < -0.39 is 4.92 Å². The molecule has 8 heteroatoms. The summed E-state index contributed by atoms with van der Waals surface area (Å²) in [4.78, 5) is 25.2. The summed E-state index contributed by atoms with van der Waals surface area (Å²) in [5, 5.41) is 16.3. The molecule has 0 radical (unpaired) electrons. The van der Waals surface area contributed by atoms with E-state index in [2.05, 4.69) is 15.6 Å². The Balaban J connectivity index is 2.51. The number of anilines is 1. The topological polar surface area (TPSA) is 102 Å². The molecule has 0 saturated carbocycles. The predicted octanol–water partition coefficient (Wildman–Crippen LogP) is 0.655. The molecule has 0 aliphatic heterocycles. The summed E-state index contributed by atoms with van der Waals surface area (Å²) >= 11 is 0. The van der Waals surface area contributed by atoms with E-state index in [0.717, 1.165) is 0 Å². The number of aromatic nitrogens is 2. The third kappa shape index (κ3) is 3.72. The molecule has 0 aromatic carbocycles. The van der Waals surface area contributed by atoms with Crippen molar-refractivity contribution in [3.63, 3.8) is 0 Å². The number of hydrogen-bond donors (Lipinski definition) is 2. The minimum absolute atomic E-state index is 0.0866. The first-order valence-corrected chi connectivity index (χ1v) is 5.60. The van der Waals surface area contributed by atoms with Gasteiger partial charge in [0, 0.05) is 26.1 Å². The molecule has 8 nitrogen and oxygen atoms in total. The van der Waals surface area contributed by atoms with E-state index in [0.29, 0.717) is 12.4 Å². The maximum Gasteiger partial charge on any atom is 0.406 e. The summed E-state index contributed by atoms with van der Waals surface area (Å²) in [7, 11) is 1.65. The third-order valence-electron chi connectivity index (χ3n) is 2.18. The molecule has 0 bridgehead atoms. The number of nitro groups is 1. The van der Waals surface area contributed by atoms with Crippen molar-refractivity contribution in [3.8, 4) is 0 Å². The van der Waals surface area contributed by atoms with Gasteiger partial charge in [0.15, 0.2) is 0 Å². The summed E-state index contributed by atoms with van der Waals surface area (Å²) in [5.74, 6) is -0.0264. The first kappa shape index (κ1) is 13.9. The van der Waals surface area contributed by atoms with E-state index in [1.807, 2.05) is 13.8 Å². The van der Waals surface area contributed by atoms with E-state index >= 15 is 0 Å². The van der Waals surface area contributed by atoms with Crippen LogP contribution in [0.1, 0.15) is 20.3 Å². The quantitative estimate of drug-likeness (QED) is 0.574. The van der Waals surface area contributed by atoms with Crippen LogP contribution in [0.15, 0.2) is 6.33 Å². The molecule has 0 atom stereocenters. The van der Waals surface area contributed by atoms with Crippen molar-refractivity contribution >= 4 is 17.5 Å². The monoisotopic (exact) mass is 255 g/mol. The van der Waals surface area contributed by atoms with Gasteiger partial charge in [-0.3, -0.25) is 9.36 Å². The van der Waals surface area contributed by atoms with Gasteiger partial charge in [-0.2, -0.15) is 0 Å². The summed E-state index contributed by atoms with van der Waals surface area (Å²) in [6.45, 7) is 4.06. The van der Waals surface area contributed by atoms with Crippen molar-refractivity contribution in [1.82, 2.24) is 14.9 Å². The maximum atomic E-state index is 11.4. The maximum absolute atomic E-state index is 11.4. The van der Waals surface area contributed by atoms with Crippen molar-refractivity contribution in [2.75, 3.05) is 11.9 Å². The highest BCUT2D eigenvalue weighted by molar-refractivity contribution is 5.76. The van der Waals surface area contributed by atoms with Gasteiger partial charge in [0.1, 0.15) is 0 Å². The Hall–Kier alpha value is -2.12. The van der Waals surface area contributed by atoms with E-state index in [1.165, 1.54) is 10.9 Å². The van der Waals surface area contributed by atoms with Crippen LogP contribution in [0, 0.1) is 10.1 Å². The fourth-order valence-corrected chi connectivity index (χ4v) is 1.44. The Morgan fingerprint density at radius 2 is 2.28 bits per heavy atom. The number of carbonyl (C=O) groups excluding carboxylic acids is 1. The van der Waals surface area contributed by atoms with Gasteiger partial charge in [0.2, 0.25) is 18.1 Å². The Labute approximate surface area is 105 Å². The lowest BCUT2D eigenvalue weighted by molar-refractivity contribution is -0.388. The van der Waals surface area contributed by atoms with Crippen molar-refractivity contribution in [1.29, 1.82) is 0 Å². The molecule has 0 spiro atoms. The van der Waals surface area contributed by atoms with E-state index in [-0.39, 0.29) is 24.2 Å². The van der Waals surface area contributed by atoms with Crippen molar-refractivity contribution in [2.24, 2.45) is 7.05 Å². The van der Waals surface area contributed by atoms with Gasteiger partial charge in [-0.15, -0.1) is 0 Å². The van der Waals surface area contributed by atoms with Crippen LogP contribution in [0.5, 0.6) is 0 Å². The molecule has 0 aliphatic carbocycles. The molecule has 100 valence electrons. The van der Waals surface area contributed by atoms with Crippen molar-refractivity contribution in [2.45, 2.75) is 26.3 Å². The second kappa shape index (κ2) is 5.99. The Morgan fingerprint density at radius 1 is 1.61 bits per heavy atom. The molecular formula is C10H17N5O3. The van der Waals surface area contributed by atoms with Gasteiger partial charge in [0.05, 0.1) is 0 Å². The Morgan fingerprint density at radius 3 is 2.83 bits per heavy atom. The molecule has 18 heavy (non-hydrogen) atoms. The molecule has 1 aromatic heterocycles. The van der Waals surface area contributed by atoms with Crippen LogP contribution in [0.4, 0.5) is 11.6 Å². The van der Waals surface area contributed by atoms with Crippen molar-refractivity contribution in [3.05, 3.63) is 16.4 Å². The SMILES string of the molecule is CC(C)NC(=O)CCNc1c([N+](=O)[O-])ncn1C.